The highest BCUT2D eigenvalue weighted by Crippen LogP contribution is 1.92. The highest BCUT2D eigenvalue weighted by Gasteiger charge is 2.08. The van der Waals surface area contributed by atoms with Crippen LogP contribution in [0.5, 0.6) is 0 Å². The number of carbonyl (C=O) groups is 1. The Balaban J connectivity index is 2.87. The molecular formula is C5H8N4O2. The molecule has 2 N–H and O–H groups in total. The molecule has 1 rings (SSSR count). The number of ether oxygens (including phenoxy) is 1. The van der Waals surface area contributed by atoms with E-state index in [1.54, 1.807) is 0 Å². The van der Waals surface area contributed by atoms with Gasteiger partial charge in [0.1, 0.15) is 13.1 Å². The number of hydrogen-bond acceptors (Lipinski definition) is 4. The number of primary amides is 1. The van der Waals surface area contributed by atoms with Crippen LogP contribution in [0.15, 0.2) is 6.33 Å². The Morgan fingerprint density at radius 3 is 3.18 bits per heavy atom. The summed E-state index contributed by atoms with van der Waals surface area (Å²) in [5, 5.41) is 6.99. The van der Waals surface area contributed by atoms with E-state index in [4.69, 9.17) is 10.5 Å². The van der Waals surface area contributed by atoms with Crippen molar-refractivity contribution in [2.75, 3.05) is 7.11 Å². The number of carbonyl (C=O) groups excluding carboxylic acids is 1. The molecule has 0 fully saturated rings. The third-order valence-electron chi connectivity index (χ3n) is 1.10. The van der Waals surface area contributed by atoms with Gasteiger partial charge in [-0.3, -0.25) is 9.36 Å². The van der Waals surface area contributed by atoms with Gasteiger partial charge in [-0.15, -0.1) is 10.2 Å². The van der Waals surface area contributed by atoms with Crippen molar-refractivity contribution < 1.29 is 9.53 Å². The summed E-state index contributed by atoms with van der Waals surface area (Å²) in [5.74, 6) is -0.508. The minimum Gasteiger partial charge on any atom is -0.364 e. The lowest BCUT2D eigenvalue weighted by Crippen LogP contribution is -2.18. The Hall–Kier alpha value is -1.43. The van der Waals surface area contributed by atoms with Gasteiger partial charge in [-0.25, -0.2) is 0 Å². The van der Waals surface area contributed by atoms with Gasteiger partial charge in [0.15, 0.2) is 0 Å². The first-order chi connectivity index (χ1) is 5.25. The summed E-state index contributed by atoms with van der Waals surface area (Å²) in [6.45, 7) is 0.227. The van der Waals surface area contributed by atoms with Crippen LogP contribution in [-0.4, -0.2) is 27.8 Å². The van der Waals surface area contributed by atoms with Crippen molar-refractivity contribution >= 4 is 5.91 Å². The minimum atomic E-state index is -0.612. The Kier molecular flexibility index (Phi) is 2.17. The van der Waals surface area contributed by atoms with Crippen LogP contribution in [0.4, 0.5) is 0 Å². The van der Waals surface area contributed by atoms with Crippen molar-refractivity contribution in [1.82, 2.24) is 14.8 Å². The Morgan fingerprint density at radius 1 is 1.91 bits per heavy atom. The summed E-state index contributed by atoms with van der Waals surface area (Å²) in [5.41, 5.74) is 4.97. The van der Waals surface area contributed by atoms with Gasteiger partial charge in [-0.05, 0) is 0 Å². The Bertz CT molecular complexity index is 257. The van der Waals surface area contributed by atoms with Crippen LogP contribution in [-0.2, 0) is 11.5 Å². The topological polar surface area (TPSA) is 83.0 Å². The van der Waals surface area contributed by atoms with Crippen molar-refractivity contribution in [3.63, 3.8) is 0 Å². The third kappa shape index (κ3) is 1.53. The molecule has 0 aliphatic heterocycles. The zero-order valence-corrected chi connectivity index (χ0v) is 6.02. The van der Waals surface area contributed by atoms with Gasteiger partial charge < -0.3 is 10.5 Å². The quantitative estimate of drug-likeness (QED) is 0.607. The largest absolute Gasteiger partial charge is 0.364 e. The van der Waals surface area contributed by atoms with Crippen molar-refractivity contribution in [2.24, 2.45) is 5.73 Å². The fourth-order valence-corrected chi connectivity index (χ4v) is 0.679. The normalized spacial score (nSPS) is 9.91. The lowest BCUT2D eigenvalue weighted by Gasteiger charge is -1.99. The van der Waals surface area contributed by atoms with Gasteiger partial charge in [-0.2, -0.15) is 0 Å². The van der Waals surface area contributed by atoms with Gasteiger partial charge in [0.2, 0.25) is 5.82 Å². The number of nitrogens with zero attached hydrogens (tertiary/aromatic N) is 3. The number of hydrogen-bond donors (Lipinski definition) is 1. The van der Waals surface area contributed by atoms with Crippen LogP contribution in [0.2, 0.25) is 0 Å². The van der Waals surface area contributed by atoms with Crippen LogP contribution >= 0.6 is 0 Å². The van der Waals surface area contributed by atoms with Crippen LogP contribution in [0.3, 0.4) is 0 Å². The highest BCUT2D eigenvalue weighted by atomic mass is 16.5. The minimum absolute atomic E-state index is 0.104. The Labute approximate surface area is 63.0 Å². The van der Waals surface area contributed by atoms with E-state index in [9.17, 15) is 4.79 Å². The predicted octanol–water partition coefficient (Wildman–Crippen LogP) is -1.02. The van der Waals surface area contributed by atoms with Gasteiger partial charge >= 0.3 is 0 Å². The molecule has 1 aromatic heterocycles. The fraction of sp³-hybridized carbons (Fsp3) is 0.400. The van der Waals surface area contributed by atoms with Gasteiger partial charge in [0.25, 0.3) is 5.91 Å². The van der Waals surface area contributed by atoms with Crippen molar-refractivity contribution in [3.05, 3.63) is 12.2 Å². The molecule has 0 aliphatic rings. The standard InChI is InChI=1S/C5H8N4O2/c1-11-3-9-2-7-8-5(9)4(6)10/h2H,3H2,1H3,(H2,6,10). The predicted molar refractivity (Wildman–Crippen MR) is 35.5 cm³/mol. The van der Waals surface area contributed by atoms with Crippen LogP contribution in [0.25, 0.3) is 0 Å². The zero-order valence-electron chi connectivity index (χ0n) is 6.02. The van der Waals surface area contributed by atoms with E-state index in [1.165, 1.54) is 18.0 Å². The van der Waals surface area contributed by atoms with E-state index in [-0.39, 0.29) is 12.6 Å². The molecule has 0 aliphatic carbocycles. The second kappa shape index (κ2) is 3.11. The molecule has 6 nitrogen and oxygen atoms in total. The van der Waals surface area contributed by atoms with Crippen molar-refractivity contribution in [3.8, 4) is 0 Å². The maximum Gasteiger partial charge on any atom is 0.286 e. The molecule has 60 valence electrons. The van der Waals surface area contributed by atoms with Crippen molar-refractivity contribution in [1.29, 1.82) is 0 Å². The molecule has 1 heterocycles. The first-order valence-corrected chi connectivity index (χ1v) is 2.92. The summed E-state index contributed by atoms with van der Waals surface area (Å²) < 4.78 is 6.17. The van der Waals surface area contributed by atoms with Crippen LogP contribution in [0, 0.1) is 0 Å². The summed E-state index contributed by atoms with van der Waals surface area (Å²) >= 11 is 0. The second-order valence-electron chi connectivity index (χ2n) is 1.91. The molecule has 1 aromatic rings. The number of rotatable bonds is 3. The lowest BCUT2D eigenvalue weighted by atomic mass is 10.6. The molecule has 0 aromatic carbocycles. The van der Waals surface area contributed by atoms with E-state index in [1.807, 2.05) is 0 Å². The number of methoxy groups -OCH3 is 1. The average Bonchev–Trinajstić information content (AvgIpc) is 2.36. The SMILES string of the molecule is COCn1cnnc1C(N)=O. The summed E-state index contributed by atoms with van der Waals surface area (Å²) in [6, 6.07) is 0. The number of aromatic nitrogens is 3. The van der Waals surface area contributed by atoms with Crippen LogP contribution in [0.1, 0.15) is 10.6 Å². The van der Waals surface area contributed by atoms with Gasteiger partial charge in [-0.1, -0.05) is 0 Å². The molecule has 11 heavy (non-hydrogen) atoms. The fourth-order valence-electron chi connectivity index (χ4n) is 0.679. The molecule has 0 atom stereocenters. The smallest absolute Gasteiger partial charge is 0.286 e. The average molecular weight is 156 g/mol. The zero-order chi connectivity index (χ0) is 8.27. The van der Waals surface area contributed by atoms with E-state index < -0.39 is 5.91 Å². The molecule has 1 amide bonds. The van der Waals surface area contributed by atoms with E-state index in [0.29, 0.717) is 0 Å². The van der Waals surface area contributed by atoms with Crippen LogP contribution < -0.4 is 5.73 Å². The van der Waals surface area contributed by atoms with E-state index in [2.05, 4.69) is 10.2 Å². The highest BCUT2D eigenvalue weighted by molar-refractivity contribution is 5.88. The second-order valence-corrected chi connectivity index (χ2v) is 1.91. The molecule has 0 saturated heterocycles. The number of nitrogens with two attached hydrogens (primary N) is 1. The Morgan fingerprint density at radius 2 is 2.64 bits per heavy atom. The lowest BCUT2D eigenvalue weighted by molar-refractivity contribution is 0.0949. The summed E-state index contributed by atoms with van der Waals surface area (Å²) in [6.07, 6.45) is 1.38. The molecule has 0 bridgehead atoms. The number of amides is 1. The van der Waals surface area contributed by atoms with Gasteiger partial charge in [0.05, 0.1) is 0 Å². The maximum absolute atomic E-state index is 10.6. The van der Waals surface area contributed by atoms with E-state index in [0.717, 1.165) is 0 Å². The molecule has 0 spiro atoms. The summed E-state index contributed by atoms with van der Waals surface area (Å²) in [4.78, 5) is 10.6. The summed E-state index contributed by atoms with van der Waals surface area (Å²) in [7, 11) is 1.50. The monoisotopic (exact) mass is 156 g/mol. The molecule has 0 unspecified atom stereocenters. The first kappa shape index (κ1) is 7.67. The molecule has 0 radical (unpaired) electrons. The van der Waals surface area contributed by atoms with E-state index >= 15 is 0 Å². The molecular weight excluding hydrogens is 148 g/mol. The maximum atomic E-state index is 10.6. The van der Waals surface area contributed by atoms with Crippen molar-refractivity contribution in [2.45, 2.75) is 6.73 Å². The molecule has 6 heteroatoms. The molecule has 0 saturated carbocycles. The van der Waals surface area contributed by atoms with Gasteiger partial charge in [0, 0.05) is 7.11 Å². The third-order valence-corrected chi connectivity index (χ3v) is 1.10. The first-order valence-electron chi connectivity index (χ1n) is 2.92.